The molecule has 3 N–H and O–H groups in total. The number of nitrogens with one attached hydrogen (secondary N) is 1. The Balaban J connectivity index is 2.56. The van der Waals surface area contributed by atoms with Gasteiger partial charge in [0.2, 0.25) is 0 Å². The highest BCUT2D eigenvalue weighted by atomic mass is 19.4. The van der Waals surface area contributed by atoms with Crippen LogP contribution in [0.5, 0.6) is 11.5 Å². The topological polar surface area (TPSA) is 109 Å². The highest BCUT2D eigenvalue weighted by Crippen LogP contribution is 2.39. The van der Waals surface area contributed by atoms with Crippen molar-refractivity contribution in [2.75, 3.05) is 6.54 Å². The van der Waals surface area contributed by atoms with Gasteiger partial charge in [0, 0.05) is 5.39 Å². The van der Waals surface area contributed by atoms with E-state index in [9.17, 15) is 27.9 Å². The zero-order chi connectivity index (χ0) is 17.2. The third kappa shape index (κ3) is 3.78. The Kier molecular flexibility index (Phi) is 4.25. The van der Waals surface area contributed by atoms with Gasteiger partial charge in [-0.15, -0.1) is 13.2 Å². The van der Waals surface area contributed by atoms with Crippen LogP contribution in [0.4, 0.5) is 13.2 Å². The number of halogens is 3. The average Bonchev–Trinajstić information content (AvgIpc) is 2.46. The van der Waals surface area contributed by atoms with E-state index in [4.69, 9.17) is 5.11 Å². The number of para-hydroxylation sites is 1. The smallest absolute Gasteiger partial charge is 0.503 e. The lowest BCUT2D eigenvalue weighted by Crippen LogP contribution is -2.30. The van der Waals surface area contributed by atoms with Crippen molar-refractivity contribution in [1.82, 2.24) is 10.3 Å². The molecular formula is C13H9F3N2O5. The number of rotatable bonds is 4. The lowest BCUT2D eigenvalue weighted by molar-refractivity contribution is -0.274. The molecule has 1 heterocycles. The summed E-state index contributed by atoms with van der Waals surface area (Å²) in [7, 11) is 0. The number of pyridine rings is 1. The van der Waals surface area contributed by atoms with Crippen LogP contribution in [-0.2, 0) is 4.79 Å². The van der Waals surface area contributed by atoms with Gasteiger partial charge in [-0.3, -0.25) is 9.59 Å². The number of aromatic nitrogens is 1. The van der Waals surface area contributed by atoms with Gasteiger partial charge in [0.25, 0.3) is 5.91 Å². The molecule has 1 aromatic heterocycles. The number of amides is 1. The number of ether oxygens (including phenoxy) is 1. The van der Waals surface area contributed by atoms with Gasteiger partial charge in [-0.25, -0.2) is 4.98 Å². The number of hydrogen-bond donors (Lipinski definition) is 3. The molecule has 0 fully saturated rings. The number of fused-ring (bicyclic) bond motifs is 1. The number of carbonyl (C=O) groups excluding carboxylic acids is 1. The second-order valence-corrected chi connectivity index (χ2v) is 4.28. The first-order chi connectivity index (χ1) is 10.7. The molecule has 0 aliphatic carbocycles. The summed E-state index contributed by atoms with van der Waals surface area (Å²) in [5.41, 5.74) is -0.811. The van der Waals surface area contributed by atoms with Gasteiger partial charge in [0.1, 0.15) is 6.54 Å². The fourth-order valence-corrected chi connectivity index (χ4v) is 1.79. The Hall–Kier alpha value is -3.04. The molecule has 0 spiro atoms. The molecule has 1 amide bonds. The zero-order valence-electron chi connectivity index (χ0n) is 11.2. The Labute approximate surface area is 126 Å². The summed E-state index contributed by atoms with van der Waals surface area (Å²) in [6, 6.07) is 5.40. The van der Waals surface area contributed by atoms with Crippen LogP contribution in [0.25, 0.3) is 10.9 Å². The molecule has 7 nitrogen and oxygen atoms in total. The van der Waals surface area contributed by atoms with Gasteiger partial charge >= 0.3 is 12.3 Å². The summed E-state index contributed by atoms with van der Waals surface area (Å²) in [6.07, 6.45) is -5.10. The minimum Gasteiger partial charge on any atom is -0.503 e. The number of aliphatic carboxylic acids is 1. The summed E-state index contributed by atoms with van der Waals surface area (Å²) in [5.74, 6) is -4.64. The maximum Gasteiger partial charge on any atom is 0.573 e. The van der Waals surface area contributed by atoms with Gasteiger partial charge in [-0.2, -0.15) is 0 Å². The van der Waals surface area contributed by atoms with Gasteiger partial charge < -0.3 is 20.3 Å². The first-order valence-electron chi connectivity index (χ1n) is 6.06. The predicted molar refractivity (Wildman–Crippen MR) is 70.1 cm³/mol. The molecule has 10 heteroatoms. The van der Waals surface area contributed by atoms with Crippen molar-refractivity contribution >= 4 is 22.8 Å². The first-order valence-corrected chi connectivity index (χ1v) is 6.06. The highest BCUT2D eigenvalue weighted by molar-refractivity contribution is 6.01. The molecule has 0 radical (unpaired) electrons. The van der Waals surface area contributed by atoms with Crippen LogP contribution in [-0.4, -0.2) is 40.0 Å². The molecular weight excluding hydrogens is 321 g/mol. The standard InChI is InChI=1S/C13H9F3N2O5/c14-13(15,16)23-11-6-3-1-2-4-7(6)18-9(10(11)21)12(22)17-5-8(19)20/h1-4,21H,5H2,(H,17,22)(H,19,20). The molecule has 0 unspecified atom stereocenters. The molecule has 0 saturated heterocycles. The largest absolute Gasteiger partial charge is 0.573 e. The molecule has 122 valence electrons. The molecule has 23 heavy (non-hydrogen) atoms. The average molecular weight is 330 g/mol. The quantitative estimate of drug-likeness (QED) is 0.786. The van der Waals surface area contributed by atoms with Crippen molar-refractivity contribution in [2.24, 2.45) is 0 Å². The number of carboxylic acids is 1. The van der Waals surface area contributed by atoms with Gasteiger partial charge in [0.05, 0.1) is 5.52 Å². The van der Waals surface area contributed by atoms with E-state index >= 15 is 0 Å². The van der Waals surface area contributed by atoms with E-state index in [0.29, 0.717) is 0 Å². The number of aromatic hydroxyl groups is 1. The van der Waals surface area contributed by atoms with Crippen LogP contribution < -0.4 is 10.1 Å². The van der Waals surface area contributed by atoms with Crippen LogP contribution in [0, 0.1) is 0 Å². The van der Waals surface area contributed by atoms with Crippen molar-refractivity contribution in [3.8, 4) is 11.5 Å². The fraction of sp³-hybridized carbons (Fsp3) is 0.154. The number of carbonyl (C=O) groups is 2. The molecule has 0 atom stereocenters. The number of benzene rings is 1. The normalized spacial score (nSPS) is 11.3. The van der Waals surface area contributed by atoms with Crippen LogP contribution >= 0.6 is 0 Å². The SMILES string of the molecule is O=C(O)CNC(=O)c1nc2ccccc2c(OC(F)(F)F)c1O. The van der Waals surface area contributed by atoms with Crippen molar-refractivity contribution in [3.63, 3.8) is 0 Å². The van der Waals surface area contributed by atoms with Gasteiger partial charge in [-0.05, 0) is 12.1 Å². The fourth-order valence-electron chi connectivity index (χ4n) is 1.79. The highest BCUT2D eigenvalue weighted by Gasteiger charge is 2.35. The maximum absolute atomic E-state index is 12.5. The number of alkyl halides is 3. The van der Waals surface area contributed by atoms with E-state index in [1.54, 1.807) is 0 Å². The van der Waals surface area contributed by atoms with Crippen molar-refractivity contribution in [1.29, 1.82) is 0 Å². The molecule has 0 aliphatic rings. The van der Waals surface area contributed by atoms with E-state index in [-0.39, 0.29) is 10.9 Å². The minimum atomic E-state index is -5.10. The van der Waals surface area contributed by atoms with E-state index in [1.807, 2.05) is 5.32 Å². The van der Waals surface area contributed by atoms with Crippen molar-refractivity contribution in [3.05, 3.63) is 30.0 Å². The molecule has 0 aliphatic heterocycles. The second-order valence-electron chi connectivity index (χ2n) is 4.28. The van der Waals surface area contributed by atoms with Crippen LogP contribution in [0.2, 0.25) is 0 Å². The predicted octanol–water partition coefficient (Wildman–Crippen LogP) is 1.65. The van der Waals surface area contributed by atoms with E-state index < -0.39 is 42.0 Å². The van der Waals surface area contributed by atoms with Gasteiger partial charge in [-0.1, -0.05) is 12.1 Å². The molecule has 2 rings (SSSR count). The first kappa shape index (κ1) is 16.3. The van der Waals surface area contributed by atoms with Crippen molar-refractivity contribution in [2.45, 2.75) is 6.36 Å². The van der Waals surface area contributed by atoms with E-state index in [1.165, 1.54) is 24.3 Å². The third-order valence-electron chi connectivity index (χ3n) is 2.65. The maximum atomic E-state index is 12.5. The Morgan fingerprint density at radius 1 is 1.26 bits per heavy atom. The minimum absolute atomic E-state index is 0.0370. The summed E-state index contributed by atoms with van der Waals surface area (Å²) < 4.78 is 41.3. The second kappa shape index (κ2) is 5.99. The number of carboxylic acid groups (broad SMARTS) is 1. The van der Waals surface area contributed by atoms with Crippen LogP contribution in [0.1, 0.15) is 10.5 Å². The lowest BCUT2D eigenvalue weighted by atomic mass is 10.1. The zero-order valence-corrected chi connectivity index (χ0v) is 11.2. The summed E-state index contributed by atoms with van der Waals surface area (Å²) in [4.78, 5) is 26.0. The molecule has 0 saturated carbocycles. The lowest BCUT2D eigenvalue weighted by Gasteiger charge is -2.14. The number of nitrogens with zero attached hydrogens (tertiary/aromatic N) is 1. The monoisotopic (exact) mass is 330 g/mol. The van der Waals surface area contributed by atoms with Crippen molar-refractivity contribution < 1.29 is 37.7 Å². The molecule has 0 bridgehead atoms. The third-order valence-corrected chi connectivity index (χ3v) is 2.65. The van der Waals surface area contributed by atoms with E-state index in [0.717, 1.165) is 0 Å². The molecule has 2 aromatic rings. The summed E-state index contributed by atoms with van der Waals surface area (Å²) >= 11 is 0. The summed E-state index contributed by atoms with van der Waals surface area (Å²) in [5, 5.41) is 20.1. The van der Waals surface area contributed by atoms with Crippen LogP contribution in [0.15, 0.2) is 24.3 Å². The molecule has 1 aromatic carbocycles. The Bertz CT molecular complexity index is 776. The van der Waals surface area contributed by atoms with Crippen LogP contribution in [0.3, 0.4) is 0 Å². The Morgan fingerprint density at radius 3 is 2.52 bits per heavy atom. The van der Waals surface area contributed by atoms with E-state index in [2.05, 4.69) is 9.72 Å². The number of hydrogen-bond acceptors (Lipinski definition) is 5. The van der Waals surface area contributed by atoms with Gasteiger partial charge in [0.15, 0.2) is 17.2 Å². The summed E-state index contributed by atoms with van der Waals surface area (Å²) in [6.45, 7) is -0.789. The Morgan fingerprint density at radius 2 is 1.91 bits per heavy atom.